The first-order valence-electron chi connectivity index (χ1n) is 9.76. The van der Waals surface area contributed by atoms with Crippen LogP contribution in [0, 0.1) is 5.41 Å². The summed E-state index contributed by atoms with van der Waals surface area (Å²) >= 11 is 5.55. The first kappa shape index (κ1) is 25.7. The van der Waals surface area contributed by atoms with E-state index >= 15 is 0 Å². The molecule has 1 aliphatic carbocycles. The molecule has 1 rings (SSSR count). The summed E-state index contributed by atoms with van der Waals surface area (Å²) in [7, 11) is 3.17. The maximum atomic E-state index is 12.6. The van der Waals surface area contributed by atoms with Crippen LogP contribution in [0.1, 0.15) is 32.6 Å². The van der Waals surface area contributed by atoms with E-state index in [0.29, 0.717) is 37.8 Å². The minimum Gasteiger partial charge on any atom is -0.453 e. The van der Waals surface area contributed by atoms with Gasteiger partial charge in [0, 0.05) is 24.1 Å². The number of hydrogen-bond donors (Lipinski definition) is 3. The topological polar surface area (TPSA) is 79.5 Å². The molecule has 30 heavy (non-hydrogen) atoms. The van der Waals surface area contributed by atoms with Gasteiger partial charge in [-0.15, -0.1) is 0 Å². The van der Waals surface area contributed by atoms with Crippen molar-refractivity contribution in [3.05, 3.63) is 59.6 Å². The number of carbonyl (C=O) groups excluding carboxylic acids is 2. The van der Waals surface area contributed by atoms with Gasteiger partial charge < -0.3 is 20.7 Å². The minimum absolute atomic E-state index is 0.183. The van der Waals surface area contributed by atoms with Gasteiger partial charge in [0.25, 0.3) is 0 Å². The third-order valence-corrected chi connectivity index (χ3v) is 4.81. The molecule has 2 unspecified atom stereocenters. The molecular weight excluding hydrogens is 409 g/mol. The van der Waals surface area contributed by atoms with Gasteiger partial charge >= 0.3 is 6.09 Å². The average molecular weight is 440 g/mol. The molecule has 0 aromatic carbocycles. The van der Waals surface area contributed by atoms with E-state index in [1.807, 2.05) is 32.2 Å². The SMILES string of the molecule is CNCCC(NC(=O)OC)C1=CC(C)(CC(=O)N/C(=C/C=C/F)C/C=C/Cl)CC=C1. The Kier molecular flexibility index (Phi) is 11.8. The molecule has 0 radical (unpaired) electrons. The van der Waals surface area contributed by atoms with Gasteiger partial charge in [0.05, 0.1) is 19.5 Å². The van der Waals surface area contributed by atoms with Gasteiger partial charge in [0.1, 0.15) is 0 Å². The molecule has 0 heterocycles. The Labute approximate surface area is 183 Å². The van der Waals surface area contributed by atoms with Crippen LogP contribution in [-0.4, -0.2) is 38.7 Å². The summed E-state index contributed by atoms with van der Waals surface area (Å²) in [6.07, 6.45) is 12.3. The molecule has 1 aliphatic rings. The van der Waals surface area contributed by atoms with E-state index in [1.165, 1.54) is 24.8 Å². The minimum atomic E-state index is -0.501. The largest absolute Gasteiger partial charge is 0.453 e. The predicted molar refractivity (Wildman–Crippen MR) is 119 cm³/mol. The summed E-state index contributed by atoms with van der Waals surface area (Å²) in [5.41, 5.74) is 2.40. The molecule has 2 amide bonds. The lowest BCUT2D eigenvalue weighted by Crippen LogP contribution is -2.39. The van der Waals surface area contributed by atoms with Crippen LogP contribution in [0.2, 0.25) is 0 Å². The van der Waals surface area contributed by atoms with Crippen LogP contribution in [0.3, 0.4) is 0 Å². The molecule has 0 fully saturated rings. The Hall–Kier alpha value is -2.38. The summed E-state index contributed by atoms with van der Waals surface area (Å²) in [5, 5.41) is 8.74. The van der Waals surface area contributed by atoms with Gasteiger partial charge in [-0.2, -0.15) is 0 Å². The molecule has 0 spiro atoms. The van der Waals surface area contributed by atoms with Gasteiger partial charge in [-0.25, -0.2) is 9.18 Å². The van der Waals surface area contributed by atoms with Crippen LogP contribution in [0.15, 0.2) is 59.6 Å². The Morgan fingerprint density at radius 1 is 1.43 bits per heavy atom. The van der Waals surface area contributed by atoms with E-state index in [0.717, 1.165) is 5.57 Å². The highest BCUT2D eigenvalue weighted by Crippen LogP contribution is 2.34. The summed E-state index contributed by atoms with van der Waals surface area (Å²) < 4.78 is 17.1. The normalized spacial score (nSPS) is 20.3. The molecular formula is C22H31ClFN3O3. The highest BCUT2D eigenvalue weighted by molar-refractivity contribution is 6.25. The van der Waals surface area contributed by atoms with Gasteiger partial charge in [-0.3, -0.25) is 4.79 Å². The van der Waals surface area contributed by atoms with Crippen LogP contribution in [0.4, 0.5) is 9.18 Å². The molecule has 8 heteroatoms. The van der Waals surface area contributed by atoms with Crippen molar-refractivity contribution >= 4 is 23.6 Å². The molecule has 0 saturated carbocycles. The van der Waals surface area contributed by atoms with Gasteiger partial charge in [0.2, 0.25) is 5.91 Å². The Morgan fingerprint density at radius 3 is 2.83 bits per heavy atom. The van der Waals surface area contributed by atoms with Crippen molar-refractivity contribution in [1.82, 2.24) is 16.0 Å². The van der Waals surface area contributed by atoms with Crippen LogP contribution in [-0.2, 0) is 9.53 Å². The van der Waals surface area contributed by atoms with Gasteiger partial charge in [-0.1, -0.05) is 42.8 Å². The molecule has 6 nitrogen and oxygen atoms in total. The zero-order valence-electron chi connectivity index (χ0n) is 17.7. The molecule has 166 valence electrons. The number of carbonyl (C=O) groups is 2. The van der Waals surface area contributed by atoms with E-state index in [1.54, 1.807) is 6.08 Å². The fourth-order valence-electron chi connectivity index (χ4n) is 3.20. The average Bonchev–Trinajstić information content (AvgIpc) is 2.72. The number of alkyl carbamates (subject to hydrolysis) is 1. The number of ether oxygens (including phenoxy) is 1. The maximum Gasteiger partial charge on any atom is 0.407 e. The van der Waals surface area contributed by atoms with Crippen molar-refractivity contribution in [2.45, 2.75) is 38.6 Å². The third kappa shape index (κ3) is 9.41. The summed E-state index contributed by atoms with van der Waals surface area (Å²) in [4.78, 5) is 24.4. The number of amides is 2. The highest BCUT2D eigenvalue weighted by atomic mass is 35.5. The van der Waals surface area contributed by atoms with E-state index < -0.39 is 11.5 Å². The fourth-order valence-corrected chi connectivity index (χ4v) is 3.29. The van der Waals surface area contributed by atoms with Crippen molar-refractivity contribution in [3.8, 4) is 0 Å². The van der Waals surface area contributed by atoms with Crippen LogP contribution in [0.25, 0.3) is 0 Å². The zero-order chi connectivity index (χ0) is 22.4. The lowest BCUT2D eigenvalue weighted by Gasteiger charge is -2.31. The molecule has 0 saturated heterocycles. The van der Waals surface area contributed by atoms with Crippen molar-refractivity contribution in [3.63, 3.8) is 0 Å². The highest BCUT2D eigenvalue weighted by Gasteiger charge is 2.29. The number of nitrogens with one attached hydrogen (secondary N) is 3. The first-order valence-corrected chi connectivity index (χ1v) is 10.2. The number of allylic oxidation sites excluding steroid dienone is 5. The van der Waals surface area contributed by atoms with Crippen molar-refractivity contribution in [2.24, 2.45) is 5.41 Å². The van der Waals surface area contributed by atoms with E-state index in [2.05, 4.69) is 16.0 Å². The Bertz CT molecular complexity index is 731. The van der Waals surface area contributed by atoms with Gasteiger partial charge in [-0.05, 0) is 49.6 Å². The van der Waals surface area contributed by atoms with Gasteiger partial charge in [0.15, 0.2) is 0 Å². The number of methoxy groups -OCH3 is 1. The van der Waals surface area contributed by atoms with Crippen molar-refractivity contribution in [2.75, 3.05) is 20.7 Å². The van der Waals surface area contributed by atoms with E-state index in [4.69, 9.17) is 16.3 Å². The molecule has 0 aliphatic heterocycles. The second kappa shape index (κ2) is 13.8. The monoisotopic (exact) mass is 439 g/mol. The standard InChI is InChI=1S/C22H31ClFN3O3/c1-22(16-20(28)26-18(8-5-12-23)9-6-13-24)11-4-7-17(15-22)19(10-14-25-2)27-21(29)30-3/h4-7,9,12-13,15,19,25H,8,10-11,14,16H2,1-3H3,(H,26,28)(H,27,29)/b12-5+,13-6+,18-9+. The summed E-state index contributed by atoms with van der Waals surface area (Å²) in [5.74, 6) is -0.183. The zero-order valence-corrected chi connectivity index (χ0v) is 18.5. The number of halogens is 2. The maximum absolute atomic E-state index is 12.6. The quantitative estimate of drug-likeness (QED) is 0.421. The molecule has 0 aromatic rings. The van der Waals surface area contributed by atoms with Crippen LogP contribution < -0.4 is 16.0 Å². The second-order valence-electron chi connectivity index (χ2n) is 7.29. The smallest absolute Gasteiger partial charge is 0.407 e. The molecule has 2 atom stereocenters. The molecule has 3 N–H and O–H groups in total. The summed E-state index contributed by atoms with van der Waals surface area (Å²) in [6, 6.07) is -0.233. The lowest BCUT2D eigenvalue weighted by molar-refractivity contribution is -0.121. The third-order valence-electron chi connectivity index (χ3n) is 4.63. The lowest BCUT2D eigenvalue weighted by atomic mass is 9.77. The first-order chi connectivity index (χ1) is 14.4. The molecule has 0 aromatic heterocycles. The summed E-state index contributed by atoms with van der Waals surface area (Å²) in [6.45, 7) is 2.70. The second-order valence-corrected chi connectivity index (χ2v) is 7.54. The van der Waals surface area contributed by atoms with Crippen molar-refractivity contribution < 1.29 is 18.7 Å². The van der Waals surface area contributed by atoms with E-state index in [9.17, 15) is 14.0 Å². The van der Waals surface area contributed by atoms with Crippen LogP contribution in [0.5, 0.6) is 0 Å². The van der Waals surface area contributed by atoms with E-state index in [-0.39, 0.29) is 18.4 Å². The fraction of sp³-hybridized carbons (Fsp3) is 0.455. The van der Waals surface area contributed by atoms with Crippen molar-refractivity contribution in [1.29, 1.82) is 0 Å². The molecule has 0 bridgehead atoms. The Balaban J connectivity index is 2.93. The number of rotatable bonds is 11. The van der Waals surface area contributed by atoms with Crippen LogP contribution >= 0.6 is 11.6 Å². The predicted octanol–water partition coefficient (Wildman–Crippen LogP) is 4.23. The number of hydrogen-bond acceptors (Lipinski definition) is 4. The Morgan fingerprint density at radius 2 is 2.20 bits per heavy atom.